The molecule has 33 heavy (non-hydrogen) atoms. The summed E-state index contributed by atoms with van der Waals surface area (Å²) in [5, 5.41) is 12.4. The van der Waals surface area contributed by atoms with E-state index in [-0.39, 0.29) is 0 Å². The third kappa shape index (κ3) is 3.98. The fourth-order valence-electron chi connectivity index (χ4n) is 4.72. The van der Waals surface area contributed by atoms with Crippen molar-refractivity contribution in [3.63, 3.8) is 0 Å². The standard InChI is InChI=1S/C29H29N3O/c1-20-14-15-27-26(16-20)21(2)22(3)32(27)18-25(33)17-31-19-30-28(23-10-6-4-7-11-23)29(31)24-12-8-5-9-13-24/h4-16,19,25,33H,17-18H2,1-3H3/t25-/m1/s1. The number of hydrogen-bond acceptors (Lipinski definition) is 2. The molecule has 1 N–H and O–H groups in total. The average Bonchev–Trinajstić information content (AvgIpc) is 3.35. The van der Waals surface area contributed by atoms with Gasteiger partial charge in [0.1, 0.15) is 0 Å². The second kappa shape index (κ2) is 8.72. The van der Waals surface area contributed by atoms with Gasteiger partial charge in [0.15, 0.2) is 0 Å². The van der Waals surface area contributed by atoms with Gasteiger partial charge in [0.25, 0.3) is 0 Å². The van der Waals surface area contributed by atoms with E-state index < -0.39 is 6.10 Å². The highest BCUT2D eigenvalue weighted by atomic mass is 16.3. The van der Waals surface area contributed by atoms with Gasteiger partial charge in [-0.25, -0.2) is 4.98 Å². The van der Waals surface area contributed by atoms with E-state index in [9.17, 15) is 5.11 Å². The van der Waals surface area contributed by atoms with Gasteiger partial charge >= 0.3 is 0 Å². The largest absolute Gasteiger partial charge is 0.389 e. The summed E-state index contributed by atoms with van der Waals surface area (Å²) in [7, 11) is 0. The minimum atomic E-state index is -0.555. The van der Waals surface area contributed by atoms with Crippen LogP contribution in [0.2, 0.25) is 0 Å². The molecule has 166 valence electrons. The summed E-state index contributed by atoms with van der Waals surface area (Å²) in [6, 6.07) is 27.1. The number of imidazole rings is 1. The van der Waals surface area contributed by atoms with Crippen LogP contribution in [0.15, 0.2) is 85.2 Å². The Morgan fingerprint density at radius 1 is 0.818 bits per heavy atom. The van der Waals surface area contributed by atoms with Crippen LogP contribution in [0.3, 0.4) is 0 Å². The molecule has 0 radical (unpaired) electrons. The van der Waals surface area contributed by atoms with Gasteiger partial charge in [-0.2, -0.15) is 0 Å². The van der Waals surface area contributed by atoms with E-state index >= 15 is 0 Å². The number of hydrogen-bond donors (Lipinski definition) is 1. The van der Waals surface area contributed by atoms with Crippen LogP contribution in [-0.4, -0.2) is 25.3 Å². The Morgan fingerprint density at radius 2 is 1.48 bits per heavy atom. The van der Waals surface area contributed by atoms with Crippen molar-refractivity contribution >= 4 is 10.9 Å². The predicted octanol–water partition coefficient (Wildman–Crippen LogP) is 6.16. The van der Waals surface area contributed by atoms with Gasteiger partial charge < -0.3 is 14.2 Å². The van der Waals surface area contributed by atoms with Crippen LogP contribution in [0.5, 0.6) is 0 Å². The summed E-state index contributed by atoms with van der Waals surface area (Å²) in [6.07, 6.45) is 1.30. The monoisotopic (exact) mass is 435 g/mol. The Hall–Kier alpha value is -3.63. The fraction of sp³-hybridized carbons (Fsp3) is 0.207. The van der Waals surface area contributed by atoms with Crippen LogP contribution in [0.25, 0.3) is 33.4 Å². The normalized spacial score (nSPS) is 12.4. The van der Waals surface area contributed by atoms with Crippen LogP contribution < -0.4 is 0 Å². The lowest BCUT2D eigenvalue weighted by Gasteiger charge is -2.17. The lowest BCUT2D eigenvalue weighted by Crippen LogP contribution is -2.23. The van der Waals surface area contributed by atoms with Gasteiger partial charge in [-0.15, -0.1) is 0 Å². The first-order valence-corrected chi connectivity index (χ1v) is 11.4. The molecule has 2 heterocycles. The summed E-state index contributed by atoms with van der Waals surface area (Å²) in [6.45, 7) is 7.42. The molecule has 3 aromatic carbocycles. The first-order valence-electron chi connectivity index (χ1n) is 11.4. The van der Waals surface area contributed by atoms with Crippen LogP contribution in [-0.2, 0) is 13.1 Å². The highest BCUT2D eigenvalue weighted by Crippen LogP contribution is 2.32. The second-order valence-electron chi connectivity index (χ2n) is 8.82. The van der Waals surface area contributed by atoms with E-state index in [0.29, 0.717) is 13.1 Å². The van der Waals surface area contributed by atoms with Crippen LogP contribution >= 0.6 is 0 Å². The predicted molar refractivity (Wildman–Crippen MR) is 135 cm³/mol. The van der Waals surface area contributed by atoms with Crippen molar-refractivity contribution in [2.75, 3.05) is 0 Å². The molecule has 0 saturated heterocycles. The van der Waals surface area contributed by atoms with E-state index in [2.05, 4.69) is 72.4 Å². The van der Waals surface area contributed by atoms with E-state index in [1.165, 1.54) is 27.7 Å². The molecule has 0 unspecified atom stereocenters. The maximum Gasteiger partial charge on any atom is 0.0963 e. The lowest BCUT2D eigenvalue weighted by molar-refractivity contribution is 0.135. The number of fused-ring (bicyclic) bond motifs is 1. The highest BCUT2D eigenvalue weighted by Gasteiger charge is 2.19. The Balaban J connectivity index is 1.50. The molecule has 4 heteroatoms. The maximum absolute atomic E-state index is 11.2. The zero-order valence-corrected chi connectivity index (χ0v) is 19.4. The number of rotatable bonds is 6. The molecule has 0 aliphatic heterocycles. The van der Waals surface area contributed by atoms with Gasteiger partial charge in [-0.3, -0.25) is 0 Å². The molecule has 1 atom stereocenters. The molecule has 5 aromatic rings. The first-order chi connectivity index (χ1) is 16.0. The zero-order valence-electron chi connectivity index (χ0n) is 19.4. The first kappa shape index (κ1) is 21.2. The van der Waals surface area contributed by atoms with E-state index in [1.807, 2.05) is 42.7 Å². The number of aromatic nitrogens is 3. The van der Waals surface area contributed by atoms with Crippen molar-refractivity contribution in [2.24, 2.45) is 0 Å². The maximum atomic E-state index is 11.2. The van der Waals surface area contributed by atoms with Gasteiger partial charge in [-0.1, -0.05) is 72.3 Å². The van der Waals surface area contributed by atoms with E-state index in [4.69, 9.17) is 4.98 Å². The third-order valence-electron chi connectivity index (χ3n) is 6.53. The van der Waals surface area contributed by atoms with Gasteiger partial charge in [0.05, 0.1) is 36.9 Å². The topological polar surface area (TPSA) is 43.0 Å². The number of aryl methyl sites for hydroxylation is 2. The van der Waals surface area contributed by atoms with Crippen molar-refractivity contribution in [1.82, 2.24) is 14.1 Å². The van der Waals surface area contributed by atoms with E-state index in [1.54, 1.807) is 0 Å². The zero-order chi connectivity index (χ0) is 22.9. The Kier molecular flexibility index (Phi) is 5.61. The van der Waals surface area contributed by atoms with Crippen molar-refractivity contribution < 1.29 is 5.11 Å². The van der Waals surface area contributed by atoms with Crippen molar-refractivity contribution in [3.05, 3.63) is 102 Å². The van der Waals surface area contributed by atoms with Gasteiger partial charge in [0, 0.05) is 27.7 Å². The summed E-state index contributed by atoms with van der Waals surface area (Å²) >= 11 is 0. The number of aliphatic hydroxyl groups is 1. The molecule has 0 saturated carbocycles. The SMILES string of the molecule is Cc1ccc2c(c1)c(C)c(C)n2C[C@H](O)Cn1cnc(-c2ccccc2)c1-c1ccccc1. The molecule has 4 nitrogen and oxygen atoms in total. The highest BCUT2D eigenvalue weighted by molar-refractivity contribution is 5.86. The Labute approximate surface area is 194 Å². The van der Waals surface area contributed by atoms with Gasteiger partial charge in [0.2, 0.25) is 0 Å². The fourth-order valence-corrected chi connectivity index (χ4v) is 4.72. The van der Waals surface area contributed by atoms with E-state index in [0.717, 1.165) is 22.5 Å². The molecule has 0 fully saturated rings. The van der Waals surface area contributed by atoms with Crippen molar-refractivity contribution in [1.29, 1.82) is 0 Å². The van der Waals surface area contributed by atoms with Crippen LogP contribution in [0.4, 0.5) is 0 Å². The second-order valence-corrected chi connectivity index (χ2v) is 8.82. The van der Waals surface area contributed by atoms with Crippen molar-refractivity contribution in [2.45, 2.75) is 40.0 Å². The minimum Gasteiger partial charge on any atom is -0.389 e. The molecule has 0 aliphatic carbocycles. The molecular weight excluding hydrogens is 406 g/mol. The number of benzene rings is 3. The quantitative estimate of drug-likeness (QED) is 0.347. The molecule has 0 aliphatic rings. The summed E-state index contributed by atoms with van der Waals surface area (Å²) < 4.78 is 4.33. The number of aliphatic hydroxyl groups excluding tert-OH is 1. The summed E-state index contributed by atoms with van der Waals surface area (Å²) in [5.74, 6) is 0. The molecule has 0 amide bonds. The lowest BCUT2D eigenvalue weighted by atomic mass is 10.0. The third-order valence-corrected chi connectivity index (χ3v) is 6.53. The molecule has 0 spiro atoms. The van der Waals surface area contributed by atoms with Crippen LogP contribution in [0.1, 0.15) is 16.8 Å². The summed E-state index contributed by atoms with van der Waals surface area (Å²) in [4.78, 5) is 4.75. The average molecular weight is 436 g/mol. The molecular formula is C29H29N3O. The number of nitrogens with zero attached hydrogens (tertiary/aromatic N) is 3. The smallest absolute Gasteiger partial charge is 0.0963 e. The molecule has 0 bridgehead atoms. The van der Waals surface area contributed by atoms with Crippen LogP contribution in [0, 0.1) is 20.8 Å². The summed E-state index contributed by atoms with van der Waals surface area (Å²) in [5.41, 5.74) is 9.03. The van der Waals surface area contributed by atoms with Gasteiger partial charge in [-0.05, 0) is 38.5 Å². The van der Waals surface area contributed by atoms with Crippen molar-refractivity contribution in [3.8, 4) is 22.5 Å². The minimum absolute atomic E-state index is 0.466. The molecule has 2 aromatic heterocycles. The Bertz CT molecular complexity index is 1400. The Morgan fingerprint density at radius 3 is 2.18 bits per heavy atom. The molecule has 5 rings (SSSR count).